The van der Waals surface area contributed by atoms with Gasteiger partial charge in [0.05, 0.1) is 18.2 Å². The fourth-order valence-electron chi connectivity index (χ4n) is 3.39. The van der Waals surface area contributed by atoms with Crippen LogP contribution in [0.25, 0.3) is 0 Å². The topological polar surface area (TPSA) is 70.7 Å². The lowest BCUT2D eigenvalue weighted by atomic mass is 9.97. The normalized spacial score (nSPS) is 16.4. The number of rotatable bonds is 5. The number of carbonyl (C=O) groups is 2. The second-order valence-electron chi connectivity index (χ2n) is 7.00. The highest BCUT2D eigenvalue weighted by Gasteiger charge is 2.29. The third kappa shape index (κ3) is 5.03. The lowest BCUT2D eigenvalue weighted by Gasteiger charge is -2.32. The molecule has 1 saturated heterocycles. The molecule has 2 N–H and O–H groups in total. The number of piperidine rings is 1. The molecular weight excluding hydrogens is 354 g/mol. The molecule has 0 saturated carbocycles. The number of benzene rings is 2. The van der Waals surface area contributed by atoms with Gasteiger partial charge in [0, 0.05) is 18.8 Å². The minimum absolute atomic E-state index is 0.0831. The van der Waals surface area contributed by atoms with Crippen LogP contribution in [0.1, 0.15) is 25.3 Å². The molecule has 0 spiro atoms. The molecule has 1 atom stereocenters. The zero-order valence-electron chi connectivity index (χ0n) is 16.4. The van der Waals surface area contributed by atoms with Crippen LogP contribution >= 0.6 is 0 Å². The van der Waals surface area contributed by atoms with Crippen LogP contribution in [0.4, 0.5) is 16.2 Å². The first kappa shape index (κ1) is 19.7. The monoisotopic (exact) mass is 381 g/mol. The number of anilines is 2. The molecule has 6 heteroatoms. The van der Waals surface area contributed by atoms with Crippen LogP contribution in [0.5, 0.6) is 5.75 Å². The summed E-state index contributed by atoms with van der Waals surface area (Å²) in [6.45, 7) is 5.47. The molecule has 0 bridgehead atoms. The average Bonchev–Trinajstić information content (AvgIpc) is 2.70. The van der Waals surface area contributed by atoms with E-state index in [0.717, 1.165) is 24.1 Å². The largest absolute Gasteiger partial charge is 0.492 e. The third-order valence-corrected chi connectivity index (χ3v) is 4.79. The number of nitrogens with one attached hydrogen (secondary N) is 2. The number of carbonyl (C=O) groups excluding carboxylic acids is 2. The lowest BCUT2D eigenvalue weighted by Crippen LogP contribution is -2.45. The Balaban J connectivity index is 1.61. The van der Waals surface area contributed by atoms with Crippen LogP contribution in [-0.2, 0) is 4.79 Å². The van der Waals surface area contributed by atoms with Gasteiger partial charge in [-0.1, -0.05) is 24.3 Å². The molecule has 1 unspecified atom stereocenters. The van der Waals surface area contributed by atoms with Crippen molar-refractivity contribution in [1.82, 2.24) is 4.90 Å². The number of hydrogen-bond acceptors (Lipinski definition) is 3. The number of para-hydroxylation sites is 2. The van der Waals surface area contributed by atoms with Gasteiger partial charge < -0.3 is 20.3 Å². The van der Waals surface area contributed by atoms with Crippen molar-refractivity contribution >= 4 is 23.3 Å². The Kier molecular flexibility index (Phi) is 6.53. The zero-order chi connectivity index (χ0) is 19.9. The van der Waals surface area contributed by atoms with Gasteiger partial charge in [-0.2, -0.15) is 0 Å². The van der Waals surface area contributed by atoms with Crippen LogP contribution in [0, 0.1) is 12.8 Å². The number of aryl methyl sites for hydroxylation is 1. The molecule has 1 aliphatic rings. The molecule has 2 aromatic carbocycles. The summed E-state index contributed by atoms with van der Waals surface area (Å²) < 4.78 is 5.57. The van der Waals surface area contributed by atoms with Crippen LogP contribution in [0.15, 0.2) is 48.5 Å². The van der Waals surface area contributed by atoms with E-state index in [2.05, 4.69) is 10.6 Å². The Morgan fingerprint density at radius 1 is 1.14 bits per heavy atom. The Morgan fingerprint density at radius 3 is 2.75 bits per heavy atom. The van der Waals surface area contributed by atoms with Gasteiger partial charge in [-0.25, -0.2) is 4.79 Å². The fraction of sp³-hybridized carbons (Fsp3) is 0.364. The summed E-state index contributed by atoms with van der Waals surface area (Å²) in [7, 11) is 0. The maximum absolute atomic E-state index is 12.8. The van der Waals surface area contributed by atoms with Gasteiger partial charge >= 0.3 is 6.03 Å². The molecule has 1 fully saturated rings. The Morgan fingerprint density at radius 2 is 1.96 bits per heavy atom. The van der Waals surface area contributed by atoms with E-state index in [1.54, 1.807) is 4.90 Å². The smallest absolute Gasteiger partial charge is 0.321 e. The predicted octanol–water partition coefficient (Wildman–Crippen LogP) is 4.28. The highest BCUT2D eigenvalue weighted by atomic mass is 16.5. The van der Waals surface area contributed by atoms with Crippen molar-refractivity contribution in [3.63, 3.8) is 0 Å². The maximum atomic E-state index is 12.8. The standard InChI is InChI=1S/C22H27N3O3/c1-3-28-20-12-5-4-11-19(20)24-21(26)17-9-7-13-25(15-17)22(27)23-18-10-6-8-16(2)14-18/h4-6,8,10-12,14,17H,3,7,9,13,15H2,1-2H3,(H,23,27)(H,24,26). The molecule has 0 aromatic heterocycles. The summed E-state index contributed by atoms with van der Waals surface area (Å²) >= 11 is 0. The minimum Gasteiger partial charge on any atom is -0.492 e. The second kappa shape index (κ2) is 9.26. The summed E-state index contributed by atoms with van der Waals surface area (Å²) in [6, 6.07) is 14.9. The van der Waals surface area contributed by atoms with Crippen molar-refractivity contribution in [3.05, 3.63) is 54.1 Å². The summed E-state index contributed by atoms with van der Waals surface area (Å²) in [5, 5.41) is 5.88. The molecule has 0 aliphatic carbocycles. The summed E-state index contributed by atoms with van der Waals surface area (Å²) in [6.07, 6.45) is 1.56. The van der Waals surface area contributed by atoms with Crippen LogP contribution in [0.3, 0.4) is 0 Å². The van der Waals surface area contributed by atoms with Crippen LogP contribution in [-0.4, -0.2) is 36.5 Å². The molecule has 28 heavy (non-hydrogen) atoms. The Bertz CT molecular complexity index is 837. The molecule has 1 aliphatic heterocycles. The fourth-order valence-corrected chi connectivity index (χ4v) is 3.39. The number of ether oxygens (including phenoxy) is 1. The van der Waals surface area contributed by atoms with Crippen molar-refractivity contribution in [2.45, 2.75) is 26.7 Å². The van der Waals surface area contributed by atoms with Gasteiger partial charge in [-0.05, 0) is 56.5 Å². The molecular formula is C22H27N3O3. The number of likely N-dealkylation sites (tertiary alicyclic amines) is 1. The van der Waals surface area contributed by atoms with Gasteiger partial charge in [0.2, 0.25) is 5.91 Å². The first-order valence-corrected chi connectivity index (χ1v) is 9.72. The molecule has 148 valence electrons. The number of nitrogens with zero attached hydrogens (tertiary/aromatic N) is 1. The molecule has 6 nitrogen and oxygen atoms in total. The lowest BCUT2D eigenvalue weighted by molar-refractivity contribution is -0.121. The van der Waals surface area contributed by atoms with E-state index >= 15 is 0 Å². The van der Waals surface area contributed by atoms with E-state index in [-0.39, 0.29) is 17.9 Å². The summed E-state index contributed by atoms with van der Waals surface area (Å²) in [5.41, 5.74) is 2.51. The third-order valence-electron chi connectivity index (χ3n) is 4.79. The predicted molar refractivity (Wildman–Crippen MR) is 111 cm³/mol. The van der Waals surface area contributed by atoms with Crippen molar-refractivity contribution in [1.29, 1.82) is 0 Å². The quantitative estimate of drug-likeness (QED) is 0.812. The molecule has 1 heterocycles. The first-order chi connectivity index (χ1) is 13.6. The van der Waals surface area contributed by atoms with Gasteiger partial charge in [0.25, 0.3) is 0 Å². The SMILES string of the molecule is CCOc1ccccc1NC(=O)C1CCCN(C(=O)Nc2cccc(C)c2)C1. The molecule has 3 amide bonds. The van der Waals surface area contributed by atoms with Gasteiger partial charge in [-0.15, -0.1) is 0 Å². The molecule has 0 radical (unpaired) electrons. The van der Waals surface area contributed by atoms with Crippen molar-refractivity contribution in [3.8, 4) is 5.75 Å². The molecule has 3 rings (SSSR count). The minimum atomic E-state index is -0.244. The van der Waals surface area contributed by atoms with Gasteiger partial charge in [-0.3, -0.25) is 4.79 Å². The van der Waals surface area contributed by atoms with Crippen molar-refractivity contribution in [2.75, 3.05) is 30.3 Å². The first-order valence-electron chi connectivity index (χ1n) is 9.72. The van der Waals surface area contributed by atoms with Gasteiger partial charge in [0.1, 0.15) is 5.75 Å². The summed E-state index contributed by atoms with van der Waals surface area (Å²) in [4.78, 5) is 27.1. The van der Waals surface area contributed by atoms with E-state index in [9.17, 15) is 9.59 Å². The van der Waals surface area contributed by atoms with Gasteiger partial charge in [0.15, 0.2) is 0 Å². The Hall–Kier alpha value is -3.02. The number of hydrogen-bond donors (Lipinski definition) is 2. The van der Waals surface area contributed by atoms with E-state index in [0.29, 0.717) is 31.1 Å². The number of amides is 3. The van der Waals surface area contributed by atoms with Crippen LogP contribution in [0.2, 0.25) is 0 Å². The Labute approximate surface area is 165 Å². The van der Waals surface area contributed by atoms with E-state index < -0.39 is 0 Å². The van der Waals surface area contributed by atoms with E-state index in [1.807, 2.05) is 62.4 Å². The number of urea groups is 1. The molecule has 2 aromatic rings. The highest BCUT2D eigenvalue weighted by molar-refractivity contribution is 5.95. The van der Waals surface area contributed by atoms with Crippen LogP contribution < -0.4 is 15.4 Å². The second-order valence-corrected chi connectivity index (χ2v) is 7.00. The highest BCUT2D eigenvalue weighted by Crippen LogP contribution is 2.26. The zero-order valence-corrected chi connectivity index (χ0v) is 16.4. The van der Waals surface area contributed by atoms with Crippen molar-refractivity contribution < 1.29 is 14.3 Å². The van der Waals surface area contributed by atoms with E-state index in [4.69, 9.17) is 4.74 Å². The average molecular weight is 381 g/mol. The summed E-state index contributed by atoms with van der Waals surface area (Å²) in [5.74, 6) is 0.329. The van der Waals surface area contributed by atoms with E-state index in [1.165, 1.54) is 0 Å². The maximum Gasteiger partial charge on any atom is 0.321 e. The van der Waals surface area contributed by atoms with Crippen molar-refractivity contribution in [2.24, 2.45) is 5.92 Å².